The molecule has 1 N–H and O–H groups in total. The summed E-state index contributed by atoms with van der Waals surface area (Å²) < 4.78 is 0.741. The maximum atomic E-state index is 11.7. The lowest BCUT2D eigenvalue weighted by atomic mass is 10.3. The fraction of sp³-hybridized carbons (Fsp3) is 0. The van der Waals surface area contributed by atoms with Crippen LogP contribution >= 0.6 is 38.9 Å². The van der Waals surface area contributed by atoms with Gasteiger partial charge in [0.15, 0.2) is 0 Å². The Balaban J connectivity index is 2.22. The van der Waals surface area contributed by atoms with Crippen molar-refractivity contribution in [3.8, 4) is 0 Å². The van der Waals surface area contributed by atoms with E-state index in [1.165, 1.54) is 11.3 Å². The van der Waals surface area contributed by atoms with E-state index in [4.69, 9.17) is 11.6 Å². The third kappa shape index (κ3) is 2.42. The average molecular weight is 318 g/mol. The van der Waals surface area contributed by atoms with Crippen LogP contribution in [0, 0.1) is 0 Å². The van der Waals surface area contributed by atoms with Crippen LogP contribution in [0.25, 0.3) is 0 Å². The number of nitrogens with one attached hydrogen (secondary N) is 1. The van der Waals surface area contributed by atoms with E-state index in [2.05, 4.69) is 26.2 Å². The minimum atomic E-state index is -0.263. The zero-order chi connectivity index (χ0) is 11.5. The van der Waals surface area contributed by atoms with E-state index in [1.54, 1.807) is 29.1 Å². The fourth-order valence-corrected chi connectivity index (χ4v) is 2.18. The molecule has 1 heterocycles. The van der Waals surface area contributed by atoms with Crippen molar-refractivity contribution in [2.45, 2.75) is 0 Å². The summed E-state index contributed by atoms with van der Waals surface area (Å²) in [6.45, 7) is 0. The molecular formula is C10H6BrClN2OS. The van der Waals surface area contributed by atoms with Gasteiger partial charge in [0, 0.05) is 9.85 Å². The lowest BCUT2D eigenvalue weighted by molar-refractivity contribution is 0.102. The molecule has 0 aliphatic carbocycles. The highest BCUT2D eigenvalue weighted by atomic mass is 79.9. The first-order valence-corrected chi connectivity index (χ1v) is 6.43. The van der Waals surface area contributed by atoms with Crippen LogP contribution in [0.1, 0.15) is 10.5 Å². The van der Waals surface area contributed by atoms with Gasteiger partial charge in [-0.2, -0.15) is 0 Å². The number of hydrogen-bond donors (Lipinski definition) is 1. The van der Waals surface area contributed by atoms with E-state index < -0.39 is 0 Å². The molecule has 82 valence electrons. The van der Waals surface area contributed by atoms with Crippen molar-refractivity contribution in [2.75, 3.05) is 5.32 Å². The number of carbonyl (C=O) groups excluding carboxylic acids is 1. The maximum absolute atomic E-state index is 11.7. The normalized spacial score (nSPS) is 10.1. The quantitative estimate of drug-likeness (QED) is 0.915. The molecule has 0 radical (unpaired) electrons. The minimum absolute atomic E-state index is 0.263. The van der Waals surface area contributed by atoms with Crippen molar-refractivity contribution < 1.29 is 4.79 Å². The Morgan fingerprint density at radius 1 is 1.50 bits per heavy atom. The topological polar surface area (TPSA) is 42.0 Å². The molecule has 0 bridgehead atoms. The van der Waals surface area contributed by atoms with Crippen LogP contribution in [0.2, 0.25) is 5.02 Å². The summed E-state index contributed by atoms with van der Waals surface area (Å²) in [5.74, 6) is -0.263. The fourth-order valence-electron chi connectivity index (χ4n) is 1.11. The molecule has 0 spiro atoms. The highest BCUT2D eigenvalue weighted by molar-refractivity contribution is 9.10. The van der Waals surface area contributed by atoms with Gasteiger partial charge in [-0.3, -0.25) is 4.79 Å². The second kappa shape index (κ2) is 4.95. The molecule has 0 unspecified atom stereocenters. The third-order valence-corrected chi connectivity index (χ3v) is 3.75. The zero-order valence-corrected chi connectivity index (χ0v) is 11.1. The van der Waals surface area contributed by atoms with E-state index in [9.17, 15) is 4.79 Å². The maximum Gasteiger partial charge on any atom is 0.275 e. The molecule has 2 rings (SSSR count). The van der Waals surface area contributed by atoms with Crippen LogP contribution in [-0.2, 0) is 0 Å². The molecule has 2 aromatic rings. The summed E-state index contributed by atoms with van der Waals surface area (Å²) in [5.41, 5.74) is 2.56. The van der Waals surface area contributed by atoms with Gasteiger partial charge in [0.2, 0.25) is 0 Å². The SMILES string of the molecule is O=C(Nc1cccc(Br)c1Cl)c1cscn1. The van der Waals surface area contributed by atoms with Crippen LogP contribution in [0.5, 0.6) is 0 Å². The second-order valence-electron chi connectivity index (χ2n) is 2.93. The standard InChI is InChI=1S/C10H6BrClN2OS/c11-6-2-1-3-7(9(6)12)14-10(15)8-4-16-5-13-8/h1-5H,(H,14,15). The summed E-state index contributed by atoms with van der Waals surface area (Å²) in [7, 11) is 0. The van der Waals surface area contributed by atoms with Gasteiger partial charge in [0.05, 0.1) is 16.2 Å². The van der Waals surface area contributed by atoms with Gasteiger partial charge in [0.25, 0.3) is 5.91 Å². The first-order chi connectivity index (χ1) is 7.68. The summed E-state index contributed by atoms with van der Waals surface area (Å²) in [6.07, 6.45) is 0. The number of carbonyl (C=O) groups is 1. The van der Waals surface area contributed by atoms with Crippen molar-refractivity contribution in [3.05, 3.63) is 44.3 Å². The Bertz CT molecular complexity index is 516. The van der Waals surface area contributed by atoms with Gasteiger partial charge >= 0.3 is 0 Å². The highest BCUT2D eigenvalue weighted by Crippen LogP contribution is 2.30. The molecule has 1 aromatic heterocycles. The molecule has 0 atom stereocenters. The summed E-state index contributed by atoms with van der Waals surface area (Å²) in [6, 6.07) is 5.34. The van der Waals surface area contributed by atoms with Crippen LogP contribution in [0.15, 0.2) is 33.6 Å². The number of hydrogen-bond acceptors (Lipinski definition) is 3. The second-order valence-corrected chi connectivity index (χ2v) is 4.88. The lowest BCUT2D eigenvalue weighted by Crippen LogP contribution is -2.12. The van der Waals surface area contributed by atoms with Crippen molar-refractivity contribution in [1.29, 1.82) is 0 Å². The summed E-state index contributed by atoms with van der Waals surface area (Å²) >= 11 is 10.7. The molecule has 16 heavy (non-hydrogen) atoms. The van der Waals surface area contributed by atoms with Crippen LogP contribution in [-0.4, -0.2) is 10.9 Å². The number of aromatic nitrogens is 1. The van der Waals surface area contributed by atoms with Crippen molar-refractivity contribution >= 4 is 50.5 Å². The van der Waals surface area contributed by atoms with E-state index in [1.807, 2.05) is 0 Å². The molecule has 6 heteroatoms. The molecular weight excluding hydrogens is 312 g/mol. The van der Waals surface area contributed by atoms with E-state index in [-0.39, 0.29) is 5.91 Å². The number of rotatable bonds is 2. The molecule has 0 aliphatic heterocycles. The molecule has 3 nitrogen and oxygen atoms in total. The number of benzene rings is 1. The molecule has 0 fully saturated rings. The Morgan fingerprint density at radius 3 is 3.00 bits per heavy atom. The number of nitrogens with zero attached hydrogens (tertiary/aromatic N) is 1. The first kappa shape index (κ1) is 11.6. The van der Waals surface area contributed by atoms with Gasteiger partial charge in [-0.25, -0.2) is 4.98 Å². The first-order valence-electron chi connectivity index (χ1n) is 4.32. The van der Waals surface area contributed by atoms with Gasteiger partial charge in [-0.15, -0.1) is 11.3 Å². The predicted molar refractivity (Wildman–Crippen MR) is 69.2 cm³/mol. The molecule has 0 saturated carbocycles. The van der Waals surface area contributed by atoms with Crippen LogP contribution in [0.3, 0.4) is 0 Å². The molecule has 1 amide bonds. The summed E-state index contributed by atoms with van der Waals surface area (Å²) in [4.78, 5) is 15.6. The molecule has 0 aliphatic rings. The van der Waals surface area contributed by atoms with Gasteiger partial charge in [0.1, 0.15) is 5.69 Å². The van der Waals surface area contributed by atoms with Crippen LogP contribution in [0.4, 0.5) is 5.69 Å². The largest absolute Gasteiger partial charge is 0.319 e. The van der Waals surface area contributed by atoms with E-state index in [0.717, 1.165) is 4.47 Å². The Hall–Kier alpha value is -0.910. The van der Waals surface area contributed by atoms with E-state index in [0.29, 0.717) is 16.4 Å². The monoisotopic (exact) mass is 316 g/mol. The van der Waals surface area contributed by atoms with Crippen molar-refractivity contribution in [2.24, 2.45) is 0 Å². The number of anilines is 1. The Labute approximate surface area is 110 Å². The number of amides is 1. The lowest BCUT2D eigenvalue weighted by Gasteiger charge is -2.06. The molecule has 0 saturated heterocycles. The van der Waals surface area contributed by atoms with E-state index >= 15 is 0 Å². The number of thiazole rings is 1. The van der Waals surface area contributed by atoms with Crippen molar-refractivity contribution in [1.82, 2.24) is 4.98 Å². The van der Waals surface area contributed by atoms with Gasteiger partial charge in [-0.05, 0) is 28.1 Å². The average Bonchev–Trinajstić information content (AvgIpc) is 2.78. The van der Waals surface area contributed by atoms with Gasteiger partial charge in [-0.1, -0.05) is 17.7 Å². The summed E-state index contributed by atoms with van der Waals surface area (Å²) in [5, 5.41) is 4.86. The Kier molecular flexibility index (Phi) is 3.58. The molecule has 1 aromatic carbocycles. The smallest absolute Gasteiger partial charge is 0.275 e. The third-order valence-electron chi connectivity index (χ3n) is 1.86. The van der Waals surface area contributed by atoms with Crippen LogP contribution < -0.4 is 5.32 Å². The predicted octanol–water partition coefficient (Wildman–Crippen LogP) is 3.81. The number of halogens is 2. The minimum Gasteiger partial charge on any atom is -0.319 e. The van der Waals surface area contributed by atoms with Crippen molar-refractivity contribution in [3.63, 3.8) is 0 Å². The highest BCUT2D eigenvalue weighted by Gasteiger charge is 2.11. The Morgan fingerprint density at radius 2 is 2.31 bits per heavy atom. The zero-order valence-electron chi connectivity index (χ0n) is 7.91. The van der Waals surface area contributed by atoms with Gasteiger partial charge < -0.3 is 5.32 Å².